The highest BCUT2D eigenvalue weighted by Gasteiger charge is 2.34. The molecule has 7 nitrogen and oxygen atoms in total. The Morgan fingerprint density at radius 2 is 1.65 bits per heavy atom. The number of halogens is 3. The van der Waals surface area contributed by atoms with Gasteiger partial charge in [-0.05, 0) is 29.8 Å². The normalized spacial score (nSPS) is 10.9. The van der Waals surface area contributed by atoms with Crippen molar-refractivity contribution in [3.8, 4) is 11.1 Å². The van der Waals surface area contributed by atoms with Crippen LogP contribution in [0, 0.1) is 10.1 Å². The van der Waals surface area contributed by atoms with Gasteiger partial charge in [0.15, 0.2) is 0 Å². The van der Waals surface area contributed by atoms with Crippen LogP contribution in [0.3, 0.4) is 0 Å². The molecule has 2 N–H and O–H groups in total. The average Bonchev–Trinajstić information content (AvgIpc) is 2.79. The number of hydrogen-bond donors (Lipinski definition) is 2. The maximum atomic E-state index is 13.9. The summed E-state index contributed by atoms with van der Waals surface area (Å²) in [4.78, 5) is 34.6. The minimum atomic E-state index is -4.77. The van der Waals surface area contributed by atoms with Crippen molar-refractivity contribution in [1.82, 2.24) is 0 Å². The van der Waals surface area contributed by atoms with E-state index in [1.165, 1.54) is 54.6 Å². The van der Waals surface area contributed by atoms with Gasteiger partial charge in [-0.3, -0.25) is 19.7 Å². The second kappa shape index (κ2) is 9.99. The van der Waals surface area contributed by atoms with E-state index in [9.17, 15) is 32.9 Å². The molecule has 2 amide bonds. The van der Waals surface area contributed by atoms with Crippen molar-refractivity contribution >= 4 is 28.9 Å². The lowest BCUT2D eigenvalue weighted by atomic mass is 9.97. The Balaban J connectivity index is 1.94. The van der Waals surface area contributed by atoms with Crippen molar-refractivity contribution in [2.24, 2.45) is 0 Å². The monoisotopic (exact) mass is 469 g/mol. The smallest absolute Gasteiger partial charge is 0.326 e. The van der Waals surface area contributed by atoms with Crippen molar-refractivity contribution in [1.29, 1.82) is 0 Å². The van der Waals surface area contributed by atoms with Gasteiger partial charge in [-0.2, -0.15) is 13.2 Å². The summed E-state index contributed by atoms with van der Waals surface area (Å²) in [6, 6.07) is 14.8. The highest BCUT2D eigenvalue weighted by Crippen LogP contribution is 2.41. The van der Waals surface area contributed by atoms with Gasteiger partial charge in [-0.15, -0.1) is 0 Å². The van der Waals surface area contributed by atoms with E-state index in [0.29, 0.717) is 0 Å². The fourth-order valence-corrected chi connectivity index (χ4v) is 3.32. The Morgan fingerprint density at radius 1 is 0.971 bits per heavy atom. The molecule has 0 aliphatic heterocycles. The Bertz CT molecular complexity index is 1270. The predicted octanol–water partition coefficient (Wildman–Crippen LogP) is 5.59. The molecule has 3 aromatic rings. The number of amides is 2. The quantitative estimate of drug-likeness (QED) is 0.268. The second-order valence-electron chi connectivity index (χ2n) is 7.11. The number of hydrogen-bond acceptors (Lipinski definition) is 4. The van der Waals surface area contributed by atoms with Gasteiger partial charge >= 0.3 is 6.18 Å². The standard InChI is InChI=1S/C24H18F3N3O4/c1-2-22(31)29-20-9-5-4-8-18(20)17-12-11-16(14-19(17)24(25,26)27)28-23(32)13-15-7-3-6-10-21(15)30(33)34/h2-12,14H,1,13H2,(H,28,32)(H,29,31). The average molecular weight is 469 g/mol. The van der Waals surface area contributed by atoms with Gasteiger partial charge in [0.2, 0.25) is 11.8 Å². The van der Waals surface area contributed by atoms with Crippen LogP contribution in [0.5, 0.6) is 0 Å². The summed E-state index contributed by atoms with van der Waals surface area (Å²) in [6.07, 6.45) is -4.17. The van der Waals surface area contributed by atoms with E-state index >= 15 is 0 Å². The molecule has 0 radical (unpaired) electrons. The lowest BCUT2D eigenvalue weighted by Crippen LogP contribution is -2.16. The van der Waals surface area contributed by atoms with E-state index in [1.807, 2.05) is 0 Å². The first-order chi connectivity index (χ1) is 16.1. The largest absolute Gasteiger partial charge is 0.417 e. The van der Waals surface area contributed by atoms with Gasteiger partial charge < -0.3 is 10.6 Å². The van der Waals surface area contributed by atoms with Crippen LogP contribution in [-0.4, -0.2) is 16.7 Å². The summed E-state index contributed by atoms with van der Waals surface area (Å²) in [5.74, 6) is -1.30. The minimum Gasteiger partial charge on any atom is -0.326 e. The van der Waals surface area contributed by atoms with Gasteiger partial charge in [-0.1, -0.05) is 49.0 Å². The summed E-state index contributed by atoms with van der Waals surface area (Å²) in [5, 5.41) is 16.0. The van der Waals surface area contributed by atoms with E-state index < -0.39 is 34.9 Å². The van der Waals surface area contributed by atoms with Crippen molar-refractivity contribution in [2.45, 2.75) is 12.6 Å². The zero-order valence-electron chi connectivity index (χ0n) is 17.6. The third-order valence-corrected chi connectivity index (χ3v) is 4.81. The molecule has 34 heavy (non-hydrogen) atoms. The molecule has 0 unspecified atom stereocenters. The van der Waals surface area contributed by atoms with Crippen LogP contribution in [0.1, 0.15) is 11.1 Å². The van der Waals surface area contributed by atoms with Gasteiger partial charge in [0.1, 0.15) is 0 Å². The third-order valence-electron chi connectivity index (χ3n) is 4.81. The molecule has 0 atom stereocenters. The van der Waals surface area contributed by atoms with Crippen LogP contribution in [0.4, 0.5) is 30.2 Å². The maximum absolute atomic E-state index is 13.9. The fraction of sp³-hybridized carbons (Fsp3) is 0.0833. The first kappa shape index (κ1) is 24.2. The van der Waals surface area contributed by atoms with Crippen LogP contribution in [0.2, 0.25) is 0 Å². The highest BCUT2D eigenvalue weighted by molar-refractivity contribution is 6.02. The van der Waals surface area contributed by atoms with E-state index in [1.54, 1.807) is 6.07 Å². The van der Waals surface area contributed by atoms with E-state index in [2.05, 4.69) is 17.2 Å². The number of carbonyl (C=O) groups excluding carboxylic acids is 2. The van der Waals surface area contributed by atoms with Crippen molar-refractivity contribution < 1.29 is 27.7 Å². The van der Waals surface area contributed by atoms with E-state index in [4.69, 9.17) is 0 Å². The second-order valence-corrected chi connectivity index (χ2v) is 7.11. The fourth-order valence-electron chi connectivity index (χ4n) is 3.32. The molecule has 0 aliphatic carbocycles. The number of alkyl halides is 3. The number of nitrogens with one attached hydrogen (secondary N) is 2. The molecule has 0 spiro atoms. The van der Waals surface area contributed by atoms with Gasteiger partial charge in [0.05, 0.1) is 16.9 Å². The van der Waals surface area contributed by atoms with Gasteiger partial charge in [0, 0.05) is 28.6 Å². The predicted molar refractivity (Wildman–Crippen MR) is 121 cm³/mol. The number of nitro benzene ring substituents is 1. The van der Waals surface area contributed by atoms with Crippen molar-refractivity contribution in [3.63, 3.8) is 0 Å². The molecule has 0 aliphatic rings. The summed E-state index contributed by atoms with van der Waals surface area (Å²) in [7, 11) is 0. The zero-order chi connectivity index (χ0) is 24.9. The summed E-state index contributed by atoms with van der Waals surface area (Å²) >= 11 is 0. The molecule has 0 saturated heterocycles. The number of nitrogens with zero attached hydrogens (tertiary/aromatic N) is 1. The van der Waals surface area contributed by atoms with Crippen LogP contribution in [0.15, 0.2) is 79.4 Å². The highest BCUT2D eigenvalue weighted by atomic mass is 19.4. The number of nitro groups is 1. The van der Waals surface area contributed by atoms with Crippen LogP contribution in [0.25, 0.3) is 11.1 Å². The molecule has 3 rings (SSSR count). The molecule has 10 heteroatoms. The molecule has 174 valence electrons. The molecule has 0 aromatic heterocycles. The first-order valence-electron chi connectivity index (χ1n) is 9.86. The van der Waals surface area contributed by atoms with E-state index in [-0.39, 0.29) is 33.8 Å². The van der Waals surface area contributed by atoms with Gasteiger partial charge in [-0.25, -0.2) is 0 Å². The number of rotatable bonds is 7. The Morgan fingerprint density at radius 3 is 2.32 bits per heavy atom. The zero-order valence-corrected chi connectivity index (χ0v) is 17.6. The lowest BCUT2D eigenvalue weighted by molar-refractivity contribution is -0.385. The molecule has 0 heterocycles. The Labute approximate surface area is 192 Å². The van der Waals surface area contributed by atoms with E-state index in [0.717, 1.165) is 12.1 Å². The number of benzene rings is 3. The molecule has 3 aromatic carbocycles. The Hall–Kier alpha value is -4.47. The topological polar surface area (TPSA) is 101 Å². The maximum Gasteiger partial charge on any atom is 0.417 e. The number of para-hydroxylation sites is 2. The lowest BCUT2D eigenvalue weighted by Gasteiger charge is -2.17. The van der Waals surface area contributed by atoms with Gasteiger partial charge in [0.25, 0.3) is 5.69 Å². The molecule has 0 fully saturated rings. The van der Waals surface area contributed by atoms with Crippen LogP contribution >= 0.6 is 0 Å². The molecule has 0 saturated carbocycles. The third kappa shape index (κ3) is 5.66. The number of anilines is 2. The van der Waals surface area contributed by atoms with Crippen LogP contribution < -0.4 is 10.6 Å². The molecular weight excluding hydrogens is 451 g/mol. The van der Waals surface area contributed by atoms with Crippen LogP contribution in [-0.2, 0) is 22.2 Å². The first-order valence-corrected chi connectivity index (χ1v) is 9.86. The summed E-state index contributed by atoms with van der Waals surface area (Å²) in [5.41, 5.74) is -1.21. The number of carbonyl (C=O) groups is 2. The molecule has 0 bridgehead atoms. The molecular formula is C24H18F3N3O4. The van der Waals surface area contributed by atoms with Crippen molar-refractivity contribution in [2.75, 3.05) is 10.6 Å². The summed E-state index contributed by atoms with van der Waals surface area (Å²) in [6.45, 7) is 3.33. The Kier molecular flexibility index (Phi) is 7.10. The van der Waals surface area contributed by atoms with Crippen molar-refractivity contribution in [3.05, 3.63) is 101 Å². The minimum absolute atomic E-state index is 0.128. The SMILES string of the molecule is C=CC(=O)Nc1ccccc1-c1ccc(NC(=O)Cc2ccccc2[N+](=O)[O-])cc1C(F)(F)F. The summed E-state index contributed by atoms with van der Waals surface area (Å²) < 4.78 is 41.7.